The number of rotatable bonds is 7. The van der Waals surface area contributed by atoms with Crippen LogP contribution in [-0.2, 0) is 11.3 Å². The Kier molecular flexibility index (Phi) is 9.91. The van der Waals surface area contributed by atoms with E-state index in [0.29, 0.717) is 17.0 Å². The number of anilines is 1. The number of benzene rings is 2. The van der Waals surface area contributed by atoms with Crippen LogP contribution in [0.5, 0.6) is 5.75 Å². The highest BCUT2D eigenvalue weighted by Gasteiger charge is 2.25. The molecule has 0 atom stereocenters. The molecule has 9 heteroatoms. The van der Waals surface area contributed by atoms with Gasteiger partial charge in [-0.05, 0) is 6.07 Å². The topological polar surface area (TPSA) is 71.9 Å². The second-order valence-corrected chi connectivity index (χ2v) is 8.05. The molecule has 1 fully saturated rings. The standard InChI is InChI=1S/C22H25Cl2N3O3.ClH/c1-30-20-12-19(26-21(28)13-23)18(24)11-17(20)22(29)25-16-7-9-27(10-8-16)14-15-5-3-2-4-6-15;/h2-6,11-12,16H,7-10,13-14H2,1H3,(H,25,29)(H,26,28);1H. The van der Waals surface area contributed by atoms with Crippen LogP contribution in [0.1, 0.15) is 28.8 Å². The van der Waals surface area contributed by atoms with Gasteiger partial charge in [0.05, 0.1) is 36.5 Å². The van der Waals surface area contributed by atoms with E-state index < -0.39 is 0 Å². The number of piperidine rings is 1. The van der Waals surface area contributed by atoms with E-state index in [9.17, 15) is 9.59 Å². The number of likely N-dealkylation sites (tertiary alicyclic amines) is 1. The number of carbonyl (C=O) groups is 2. The number of quaternary nitrogens is 1. The van der Waals surface area contributed by atoms with E-state index in [1.807, 2.05) is 6.07 Å². The van der Waals surface area contributed by atoms with E-state index in [4.69, 9.17) is 27.9 Å². The number of nitrogens with one attached hydrogen (secondary N) is 3. The van der Waals surface area contributed by atoms with Crippen LogP contribution >= 0.6 is 23.2 Å². The summed E-state index contributed by atoms with van der Waals surface area (Å²) in [7, 11) is 1.47. The summed E-state index contributed by atoms with van der Waals surface area (Å²) >= 11 is 11.8. The van der Waals surface area contributed by atoms with Crippen molar-refractivity contribution in [3.05, 3.63) is 58.6 Å². The van der Waals surface area contributed by atoms with Crippen molar-refractivity contribution >= 4 is 40.7 Å². The van der Waals surface area contributed by atoms with Gasteiger partial charge >= 0.3 is 0 Å². The molecule has 168 valence electrons. The molecular weight excluding hydrogens is 461 g/mol. The fourth-order valence-electron chi connectivity index (χ4n) is 3.67. The van der Waals surface area contributed by atoms with Gasteiger partial charge in [0.2, 0.25) is 5.91 Å². The van der Waals surface area contributed by atoms with Crippen molar-refractivity contribution in [2.45, 2.75) is 25.4 Å². The summed E-state index contributed by atoms with van der Waals surface area (Å²) in [4.78, 5) is 25.9. The number of halogens is 3. The lowest BCUT2D eigenvalue weighted by Gasteiger charge is -2.30. The number of amides is 2. The monoisotopic (exact) mass is 485 g/mol. The molecule has 2 aromatic rings. The van der Waals surface area contributed by atoms with Gasteiger partial charge in [-0.25, -0.2) is 0 Å². The van der Waals surface area contributed by atoms with Crippen molar-refractivity contribution < 1.29 is 31.6 Å². The van der Waals surface area contributed by atoms with Crippen LogP contribution in [0.25, 0.3) is 0 Å². The lowest BCUT2D eigenvalue weighted by molar-refractivity contribution is -0.918. The molecule has 1 saturated heterocycles. The van der Waals surface area contributed by atoms with Crippen molar-refractivity contribution in [1.82, 2.24) is 5.32 Å². The van der Waals surface area contributed by atoms with Gasteiger partial charge < -0.3 is 32.7 Å². The molecule has 0 spiro atoms. The molecule has 0 unspecified atom stereocenters. The number of ether oxygens (including phenoxy) is 1. The minimum absolute atomic E-state index is 0. The Morgan fingerprint density at radius 1 is 1.16 bits per heavy atom. The Labute approximate surface area is 198 Å². The fourth-order valence-corrected chi connectivity index (χ4v) is 3.95. The molecule has 1 aliphatic heterocycles. The van der Waals surface area contributed by atoms with Crippen LogP contribution < -0.4 is 32.7 Å². The number of hydrogen-bond donors (Lipinski definition) is 3. The molecule has 0 radical (unpaired) electrons. The summed E-state index contributed by atoms with van der Waals surface area (Å²) in [6.45, 7) is 3.00. The van der Waals surface area contributed by atoms with E-state index in [1.54, 1.807) is 0 Å². The maximum atomic E-state index is 12.8. The molecule has 31 heavy (non-hydrogen) atoms. The molecule has 2 amide bonds. The van der Waals surface area contributed by atoms with Crippen molar-refractivity contribution in [3.8, 4) is 5.75 Å². The van der Waals surface area contributed by atoms with Crippen molar-refractivity contribution in [3.63, 3.8) is 0 Å². The van der Waals surface area contributed by atoms with Crippen LogP contribution in [0.4, 0.5) is 5.69 Å². The lowest BCUT2D eigenvalue weighted by atomic mass is 10.0. The first-order valence-electron chi connectivity index (χ1n) is 9.92. The van der Waals surface area contributed by atoms with Gasteiger partial charge in [0.25, 0.3) is 5.91 Å². The third-order valence-electron chi connectivity index (χ3n) is 5.25. The minimum Gasteiger partial charge on any atom is -1.00 e. The fraction of sp³-hybridized carbons (Fsp3) is 0.364. The molecule has 0 saturated carbocycles. The van der Waals surface area contributed by atoms with Crippen LogP contribution in [-0.4, -0.2) is 43.9 Å². The first-order chi connectivity index (χ1) is 14.5. The molecule has 0 aliphatic carbocycles. The van der Waals surface area contributed by atoms with Crippen LogP contribution in [0.15, 0.2) is 42.5 Å². The molecule has 3 rings (SSSR count). The van der Waals surface area contributed by atoms with Crippen LogP contribution in [0.3, 0.4) is 0 Å². The second kappa shape index (κ2) is 12.2. The Hall–Kier alpha value is -1.99. The van der Waals surface area contributed by atoms with Crippen molar-refractivity contribution in [2.24, 2.45) is 0 Å². The zero-order valence-corrected chi connectivity index (χ0v) is 19.5. The normalized spacial score (nSPS) is 17.9. The molecular formula is C22H26Cl3N3O3. The predicted octanol–water partition coefficient (Wildman–Crippen LogP) is -0.493. The summed E-state index contributed by atoms with van der Waals surface area (Å²) < 4.78 is 5.34. The molecule has 3 N–H and O–H groups in total. The summed E-state index contributed by atoms with van der Waals surface area (Å²) in [6, 6.07) is 13.6. The van der Waals surface area contributed by atoms with Gasteiger partial charge in [-0.15, -0.1) is 11.6 Å². The third-order valence-corrected chi connectivity index (χ3v) is 5.81. The predicted molar refractivity (Wildman–Crippen MR) is 119 cm³/mol. The summed E-state index contributed by atoms with van der Waals surface area (Å²) in [5.74, 6) is -0.469. The largest absolute Gasteiger partial charge is 1.00 e. The number of alkyl halides is 1. The second-order valence-electron chi connectivity index (χ2n) is 7.37. The molecule has 1 heterocycles. The average molecular weight is 487 g/mol. The number of carbonyl (C=O) groups excluding carboxylic acids is 2. The van der Waals surface area contributed by atoms with Gasteiger partial charge in [-0.1, -0.05) is 41.9 Å². The molecule has 0 aromatic heterocycles. The summed E-state index contributed by atoms with van der Waals surface area (Å²) in [5.41, 5.74) is 2.02. The Morgan fingerprint density at radius 2 is 1.84 bits per heavy atom. The highest BCUT2D eigenvalue weighted by atomic mass is 35.5. The average Bonchev–Trinajstić information content (AvgIpc) is 2.76. The molecule has 1 aliphatic rings. The van der Waals surface area contributed by atoms with Crippen LogP contribution in [0.2, 0.25) is 5.02 Å². The van der Waals surface area contributed by atoms with Gasteiger partial charge in [0.1, 0.15) is 18.2 Å². The smallest absolute Gasteiger partial charge is 0.255 e. The minimum atomic E-state index is -0.386. The number of hydrogen-bond acceptors (Lipinski definition) is 3. The van der Waals surface area contributed by atoms with E-state index in [2.05, 4.69) is 34.9 Å². The third kappa shape index (κ3) is 7.01. The maximum Gasteiger partial charge on any atom is 0.255 e. The van der Waals surface area contributed by atoms with Gasteiger partial charge in [0.15, 0.2) is 0 Å². The highest BCUT2D eigenvalue weighted by molar-refractivity contribution is 6.35. The Balaban J connectivity index is 0.00000341. The molecule has 6 nitrogen and oxygen atoms in total. The van der Waals surface area contributed by atoms with Crippen molar-refractivity contribution in [2.75, 3.05) is 31.4 Å². The molecule has 0 bridgehead atoms. The highest BCUT2D eigenvalue weighted by Crippen LogP contribution is 2.31. The van der Waals surface area contributed by atoms with Gasteiger partial charge in [-0.2, -0.15) is 0 Å². The van der Waals surface area contributed by atoms with Gasteiger partial charge in [-0.3, -0.25) is 9.59 Å². The van der Waals surface area contributed by atoms with Crippen molar-refractivity contribution in [1.29, 1.82) is 0 Å². The van der Waals surface area contributed by atoms with Gasteiger partial charge in [0, 0.05) is 30.5 Å². The first kappa shape index (κ1) is 25.3. The SMILES string of the molecule is COc1cc(NC(=O)CCl)c(Cl)cc1C(=O)NC1CC[NH+](Cc2ccccc2)CC1.[Cl-]. The first-order valence-corrected chi connectivity index (χ1v) is 10.8. The lowest BCUT2D eigenvalue weighted by Crippen LogP contribution is -3.12. The summed E-state index contributed by atoms with van der Waals surface area (Å²) in [5, 5.41) is 5.93. The van der Waals surface area contributed by atoms with E-state index >= 15 is 0 Å². The Bertz CT molecular complexity index is 888. The zero-order valence-electron chi connectivity index (χ0n) is 17.2. The van der Waals surface area contributed by atoms with E-state index in [0.717, 1.165) is 32.5 Å². The number of methoxy groups -OCH3 is 1. The zero-order chi connectivity index (χ0) is 21.5. The molecule has 2 aromatic carbocycles. The summed E-state index contributed by atoms with van der Waals surface area (Å²) in [6.07, 6.45) is 1.82. The van der Waals surface area contributed by atoms with E-state index in [-0.39, 0.29) is 41.2 Å². The Morgan fingerprint density at radius 3 is 2.45 bits per heavy atom. The van der Waals surface area contributed by atoms with Crippen LogP contribution in [0, 0.1) is 0 Å². The quantitative estimate of drug-likeness (QED) is 0.463. The van der Waals surface area contributed by atoms with E-state index in [1.165, 1.54) is 29.7 Å². The maximum absolute atomic E-state index is 12.8.